The maximum Gasteiger partial charge on any atom is 0.0573 e. The molecule has 2 aromatic rings. The van der Waals surface area contributed by atoms with Crippen LogP contribution < -0.4 is 11.3 Å². The Bertz CT molecular complexity index is 553. The lowest BCUT2D eigenvalue weighted by Gasteiger charge is -2.43. The van der Waals surface area contributed by atoms with E-state index in [-0.39, 0.29) is 11.5 Å². The molecule has 4 heteroatoms. The summed E-state index contributed by atoms with van der Waals surface area (Å²) in [7, 11) is 0. The van der Waals surface area contributed by atoms with Gasteiger partial charge in [0.15, 0.2) is 0 Å². The summed E-state index contributed by atoms with van der Waals surface area (Å²) < 4.78 is 5.59. The van der Waals surface area contributed by atoms with Crippen LogP contribution in [0.3, 0.4) is 0 Å². The van der Waals surface area contributed by atoms with E-state index in [9.17, 15) is 0 Å². The van der Waals surface area contributed by atoms with E-state index in [1.165, 1.54) is 5.56 Å². The summed E-state index contributed by atoms with van der Waals surface area (Å²) in [6, 6.07) is 14.7. The molecule has 1 aromatic heterocycles. The van der Waals surface area contributed by atoms with Gasteiger partial charge < -0.3 is 4.74 Å². The van der Waals surface area contributed by atoms with Crippen LogP contribution in [0.2, 0.25) is 0 Å². The molecule has 1 fully saturated rings. The van der Waals surface area contributed by atoms with Gasteiger partial charge in [0.1, 0.15) is 0 Å². The van der Waals surface area contributed by atoms with Crippen molar-refractivity contribution in [3.8, 4) is 0 Å². The second-order valence-electron chi connectivity index (χ2n) is 5.52. The molecule has 0 radical (unpaired) electrons. The summed E-state index contributed by atoms with van der Waals surface area (Å²) in [5, 5.41) is 0. The molecule has 0 aliphatic carbocycles. The second kappa shape index (κ2) is 6.35. The Morgan fingerprint density at radius 2 is 1.86 bits per heavy atom. The molecule has 0 spiro atoms. The number of ether oxygens (including phenoxy) is 1. The highest BCUT2D eigenvalue weighted by atomic mass is 16.5. The summed E-state index contributed by atoms with van der Waals surface area (Å²) in [5.74, 6) is 5.94. The quantitative estimate of drug-likeness (QED) is 0.668. The van der Waals surface area contributed by atoms with Crippen molar-refractivity contribution in [3.05, 3.63) is 66.0 Å². The number of aromatic nitrogens is 1. The average Bonchev–Trinajstić information content (AvgIpc) is 2.58. The third-order valence-electron chi connectivity index (χ3n) is 4.47. The molecular formula is C17H21N3O. The molecule has 1 atom stereocenters. The Balaban J connectivity index is 2.06. The minimum absolute atomic E-state index is 0.0255. The molecule has 0 bridgehead atoms. The normalized spacial score (nSPS) is 19.1. The minimum Gasteiger partial charge on any atom is -0.381 e. The minimum atomic E-state index is -0.0582. The fourth-order valence-corrected chi connectivity index (χ4v) is 3.37. The molecule has 1 aliphatic rings. The molecule has 0 saturated carbocycles. The average molecular weight is 283 g/mol. The van der Waals surface area contributed by atoms with Gasteiger partial charge in [0, 0.05) is 31.0 Å². The van der Waals surface area contributed by atoms with E-state index in [4.69, 9.17) is 10.6 Å². The Hall–Kier alpha value is -1.75. The van der Waals surface area contributed by atoms with Gasteiger partial charge in [-0.15, -0.1) is 0 Å². The molecular weight excluding hydrogens is 262 g/mol. The number of nitrogens with one attached hydrogen (secondary N) is 1. The van der Waals surface area contributed by atoms with Gasteiger partial charge in [-0.25, -0.2) is 0 Å². The van der Waals surface area contributed by atoms with Crippen molar-refractivity contribution in [2.75, 3.05) is 13.2 Å². The van der Waals surface area contributed by atoms with Crippen molar-refractivity contribution in [1.82, 2.24) is 10.4 Å². The topological polar surface area (TPSA) is 60.2 Å². The first-order chi connectivity index (χ1) is 10.4. The van der Waals surface area contributed by atoms with Gasteiger partial charge in [0.2, 0.25) is 0 Å². The van der Waals surface area contributed by atoms with E-state index >= 15 is 0 Å². The molecule has 1 aromatic carbocycles. The van der Waals surface area contributed by atoms with Crippen LogP contribution in [0.15, 0.2) is 54.9 Å². The molecule has 3 N–H and O–H groups in total. The standard InChI is InChI=1S/C17H21N3O/c18-20-16(14-5-4-10-19-13-14)17(8-11-21-12-9-17)15-6-2-1-3-7-15/h1-7,10,13,16,20H,8-9,11-12,18H2. The molecule has 3 rings (SSSR count). The van der Waals surface area contributed by atoms with Crippen LogP contribution in [0.4, 0.5) is 0 Å². The van der Waals surface area contributed by atoms with Crippen LogP contribution in [0.1, 0.15) is 30.0 Å². The summed E-state index contributed by atoms with van der Waals surface area (Å²) in [6.45, 7) is 1.51. The number of pyridine rings is 1. The van der Waals surface area contributed by atoms with Gasteiger partial charge in [0.25, 0.3) is 0 Å². The number of rotatable bonds is 4. The number of nitrogens with two attached hydrogens (primary N) is 1. The predicted molar refractivity (Wildman–Crippen MR) is 82.5 cm³/mol. The summed E-state index contributed by atoms with van der Waals surface area (Å²) >= 11 is 0. The lowest BCUT2D eigenvalue weighted by Crippen LogP contribution is -2.47. The first-order valence-electron chi connectivity index (χ1n) is 7.36. The van der Waals surface area contributed by atoms with Crippen molar-refractivity contribution >= 4 is 0 Å². The Labute approximate surface area is 125 Å². The van der Waals surface area contributed by atoms with Crippen molar-refractivity contribution in [2.24, 2.45) is 5.84 Å². The fourth-order valence-electron chi connectivity index (χ4n) is 3.37. The van der Waals surface area contributed by atoms with Gasteiger partial charge in [-0.2, -0.15) is 0 Å². The zero-order valence-corrected chi connectivity index (χ0v) is 12.0. The summed E-state index contributed by atoms with van der Waals surface area (Å²) in [6.07, 6.45) is 5.57. The van der Waals surface area contributed by atoms with Gasteiger partial charge >= 0.3 is 0 Å². The second-order valence-corrected chi connectivity index (χ2v) is 5.52. The Kier molecular flexibility index (Phi) is 4.29. The largest absolute Gasteiger partial charge is 0.381 e. The van der Waals surface area contributed by atoms with Crippen molar-refractivity contribution in [2.45, 2.75) is 24.3 Å². The van der Waals surface area contributed by atoms with E-state index in [0.717, 1.165) is 31.6 Å². The van der Waals surface area contributed by atoms with Crippen LogP contribution >= 0.6 is 0 Å². The van der Waals surface area contributed by atoms with Crippen molar-refractivity contribution < 1.29 is 4.74 Å². The maximum atomic E-state index is 5.94. The van der Waals surface area contributed by atoms with Gasteiger partial charge in [-0.05, 0) is 30.0 Å². The lowest BCUT2D eigenvalue weighted by atomic mass is 9.67. The van der Waals surface area contributed by atoms with E-state index in [2.05, 4.69) is 40.7 Å². The Morgan fingerprint density at radius 3 is 2.48 bits per heavy atom. The van der Waals surface area contributed by atoms with Crippen LogP contribution in [0, 0.1) is 0 Å². The highest BCUT2D eigenvalue weighted by molar-refractivity contribution is 5.33. The number of hydrogen-bond donors (Lipinski definition) is 2. The number of hydrogen-bond acceptors (Lipinski definition) is 4. The summed E-state index contributed by atoms with van der Waals surface area (Å²) in [5.41, 5.74) is 5.40. The van der Waals surface area contributed by atoms with Gasteiger partial charge in [0.05, 0.1) is 6.04 Å². The Morgan fingerprint density at radius 1 is 1.10 bits per heavy atom. The fraction of sp³-hybridized carbons (Fsp3) is 0.353. The van der Waals surface area contributed by atoms with E-state index < -0.39 is 0 Å². The van der Waals surface area contributed by atoms with Gasteiger partial charge in [-0.3, -0.25) is 16.3 Å². The zero-order valence-electron chi connectivity index (χ0n) is 12.0. The highest BCUT2D eigenvalue weighted by Crippen LogP contribution is 2.44. The molecule has 1 saturated heterocycles. The van der Waals surface area contributed by atoms with Crippen LogP contribution in [0.5, 0.6) is 0 Å². The first-order valence-corrected chi connectivity index (χ1v) is 7.36. The molecule has 110 valence electrons. The SMILES string of the molecule is NNC(c1cccnc1)C1(c2ccccc2)CCOCC1. The van der Waals surface area contributed by atoms with E-state index in [0.29, 0.717) is 0 Å². The van der Waals surface area contributed by atoms with E-state index in [1.54, 1.807) is 6.20 Å². The number of nitrogens with zero attached hydrogens (tertiary/aromatic N) is 1. The van der Waals surface area contributed by atoms with Gasteiger partial charge in [-0.1, -0.05) is 36.4 Å². The smallest absolute Gasteiger partial charge is 0.0573 e. The number of hydrazine groups is 1. The molecule has 4 nitrogen and oxygen atoms in total. The van der Waals surface area contributed by atoms with E-state index in [1.807, 2.05) is 18.3 Å². The molecule has 1 aliphatic heterocycles. The molecule has 21 heavy (non-hydrogen) atoms. The van der Waals surface area contributed by atoms with Crippen LogP contribution in [-0.4, -0.2) is 18.2 Å². The van der Waals surface area contributed by atoms with Crippen LogP contribution in [0.25, 0.3) is 0 Å². The first kappa shape index (κ1) is 14.2. The zero-order chi connectivity index (χ0) is 14.5. The molecule has 0 amide bonds. The number of benzene rings is 1. The lowest BCUT2D eigenvalue weighted by molar-refractivity contribution is 0.0339. The van der Waals surface area contributed by atoms with Crippen molar-refractivity contribution in [3.63, 3.8) is 0 Å². The van der Waals surface area contributed by atoms with Crippen molar-refractivity contribution in [1.29, 1.82) is 0 Å². The third kappa shape index (κ3) is 2.70. The summed E-state index contributed by atoms with van der Waals surface area (Å²) in [4.78, 5) is 4.25. The monoisotopic (exact) mass is 283 g/mol. The predicted octanol–water partition coefficient (Wildman–Crippen LogP) is 2.33. The third-order valence-corrected chi connectivity index (χ3v) is 4.47. The highest BCUT2D eigenvalue weighted by Gasteiger charge is 2.42. The maximum absolute atomic E-state index is 5.94. The molecule has 2 heterocycles. The van der Waals surface area contributed by atoms with Crippen LogP contribution in [-0.2, 0) is 10.2 Å². The molecule has 1 unspecified atom stereocenters.